The number of aromatic amines is 1. The van der Waals surface area contributed by atoms with Gasteiger partial charge in [-0.3, -0.25) is 0 Å². The van der Waals surface area contributed by atoms with Crippen LogP contribution >= 0.6 is 11.6 Å². The van der Waals surface area contributed by atoms with Crippen molar-refractivity contribution in [2.24, 2.45) is 5.73 Å². The van der Waals surface area contributed by atoms with Gasteiger partial charge in [0.2, 0.25) is 0 Å². The van der Waals surface area contributed by atoms with E-state index in [-0.39, 0.29) is 6.04 Å². The highest BCUT2D eigenvalue weighted by atomic mass is 35.5. The Morgan fingerprint density at radius 3 is 2.93 bits per heavy atom. The van der Waals surface area contributed by atoms with Gasteiger partial charge in [-0.15, -0.1) is 6.58 Å². The maximum atomic E-state index is 6.09. The van der Waals surface area contributed by atoms with Crippen molar-refractivity contribution in [3.63, 3.8) is 0 Å². The highest BCUT2D eigenvalue weighted by molar-refractivity contribution is 6.32. The lowest BCUT2D eigenvalue weighted by atomic mass is 10.0. The molecule has 0 saturated carbocycles. The van der Waals surface area contributed by atoms with Crippen molar-refractivity contribution in [1.82, 2.24) is 4.98 Å². The second-order valence-corrected chi connectivity index (χ2v) is 3.57. The monoisotopic (exact) mass is 206 g/mol. The molecule has 2 aromatic rings. The van der Waals surface area contributed by atoms with Crippen molar-refractivity contribution in [2.75, 3.05) is 0 Å². The summed E-state index contributed by atoms with van der Waals surface area (Å²) in [4.78, 5) is 3.12. The number of H-pyrrole nitrogens is 1. The average Bonchev–Trinajstić information content (AvgIpc) is 2.64. The van der Waals surface area contributed by atoms with Gasteiger partial charge >= 0.3 is 0 Å². The number of hydrogen-bond donors (Lipinski definition) is 2. The van der Waals surface area contributed by atoms with Gasteiger partial charge in [0, 0.05) is 33.7 Å². The average molecular weight is 207 g/mol. The molecule has 2 nitrogen and oxygen atoms in total. The second kappa shape index (κ2) is 3.48. The molecule has 1 atom stereocenters. The standard InChI is InChI=1S/C11H11ClN2/c1-2-9(13)11-7-5-6-14-10(7)4-3-8(11)12/h2-6,9,14H,1,13H2. The minimum absolute atomic E-state index is 0.220. The van der Waals surface area contributed by atoms with E-state index in [0.717, 1.165) is 16.5 Å². The number of benzene rings is 1. The number of halogens is 1. The summed E-state index contributed by atoms with van der Waals surface area (Å²) < 4.78 is 0. The van der Waals surface area contributed by atoms with E-state index in [2.05, 4.69) is 11.6 Å². The molecule has 2 rings (SSSR count). The zero-order chi connectivity index (χ0) is 10.1. The summed E-state index contributed by atoms with van der Waals surface area (Å²) in [5.41, 5.74) is 7.88. The van der Waals surface area contributed by atoms with E-state index in [1.165, 1.54) is 0 Å². The van der Waals surface area contributed by atoms with Crippen LogP contribution in [0.25, 0.3) is 10.9 Å². The highest BCUT2D eigenvalue weighted by Crippen LogP contribution is 2.30. The second-order valence-electron chi connectivity index (χ2n) is 3.16. The smallest absolute Gasteiger partial charge is 0.0500 e. The lowest BCUT2D eigenvalue weighted by Crippen LogP contribution is -2.07. The molecule has 72 valence electrons. The fourth-order valence-corrected chi connectivity index (χ4v) is 1.88. The first-order chi connectivity index (χ1) is 6.74. The van der Waals surface area contributed by atoms with Gasteiger partial charge in [-0.25, -0.2) is 0 Å². The molecule has 1 aromatic heterocycles. The number of nitrogens with one attached hydrogen (secondary N) is 1. The molecule has 1 aromatic carbocycles. The number of aromatic nitrogens is 1. The highest BCUT2D eigenvalue weighted by Gasteiger charge is 2.11. The van der Waals surface area contributed by atoms with Gasteiger partial charge < -0.3 is 10.7 Å². The van der Waals surface area contributed by atoms with Gasteiger partial charge in [0.15, 0.2) is 0 Å². The summed E-state index contributed by atoms with van der Waals surface area (Å²) in [6.45, 7) is 3.68. The minimum Gasteiger partial charge on any atom is -0.361 e. The van der Waals surface area contributed by atoms with Gasteiger partial charge in [-0.05, 0) is 18.2 Å². The van der Waals surface area contributed by atoms with Gasteiger partial charge in [0.25, 0.3) is 0 Å². The lowest BCUT2D eigenvalue weighted by Gasteiger charge is -2.10. The third-order valence-electron chi connectivity index (χ3n) is 2.31. The van der Waals surface area contributed by atoms with Gasteiger partial charge in [-0.1, -0.05) is 17.7 Å². The summed E-state index contributed by atoms with van der Waals surface area (Å²) in [6, 6.07) is 5.54. The summed E-state index contributed by atoms with van der Waals surface area (Å²) in [6.07, 6.45) is 3.56. The Balaban J connectivity index is 2.75. The van der Waals surface area contributed by atoms with Crippen LogP contribution in [0.1, 0.15) is 11.6 Å². The van der Waals surface area contributed by atoms with Gasteiger partial charge in [0.1, 0.15) is 0 Å². The predicted octanol–water partition coefficient (Wildman–Crippen LogP) is 3.01. The molecule has 3 N–H and O–H groups in total. The minimum atomic E-state index is -0.220. The van der Waals surface area contributed by atoms with E-state index in [4.69, 9.17) is 17.3 Å². The third kappa shape index (κ3) is 1.33. The maximum absolute atomic E-state index is 6.09. The molecular formula is C11H11ClN2. The predicted molar refractivity (Wildman–Crippen MR) is 60.4 cm³/mol. The molecule has 0 saturated heterocycles. The first-order valence-electron chi connectivity index (χ1n) is 4.37. The SMILES string of the molecule is C=CC(N)c1c(Cl)ccc2[nH]ccc12. The van der Waals surface area contributed by atoms with Crippen LogP contribution in [0.5, 0.6) is 0 Å². The molecule has 0 aliphatic heterocycles. The first-order valence-corrected chi connectivity index (χ1v) is 4.75. The number of rotatable bonds is 2. The Kier molecular flexibility index (Phi) is 2.32. The largest absolute Gasteiger partial charge is 0.361 e. The molecule has 14 heavy (non-hydrogen) atoms. The van der Waals surface area contributed by atoms with E-state index >= 15 is 0 Å². The fourth-order valence-electron chi connectivity index (χ4n) is 1.59. The Morgan fingerprint density at radius 2 is 2.21 bits per heavy atom. The van der Waals surface area contributed by atoms with E-state index in [1.54, 1.807) is 6.08 Å². The molecule has 3 heteroatoms. The van der Waals surface area contributed by atoms with Crippen molar-refractivity contribution in [3.05, 3.63) is 47.6 Å². The Hall–Kier alpha value is -1.25. The summed E-state index contributed by atoms with van der Waals surface area (Å²) in [7, 11) is 0. The number of nitrogens with two attached hydrogens (primary N) is 1. The molecular weight excluding hydrogens is 196 g/mol. The molecule has 0 aliphatic rings. The van der Waals surface area contributed by atoms with Crippen molar-refractivity contribution in [3.8, 4) is 0 Å². The normalized spacial score (nSPS) is 13.0. The van der Waals surface area contributed by atoms with Crippen LogP contribution < -0.4 is 5.73 Å². The van der Waals surface area contributed by atoms with Crippen LogP contribution in [-0.2, 0) is 0 Å². The van der Waals surface area contributed by atoms with Crippen LogP contribution in [0.3, 0.4) is 0 Å². The van der Waals surface area contributed by atoms with Crippen LogP contribution in [0, 0.1) is 0 Å². The molecule has 0 radical (unpaired) electrons. The van der Waals surface area contributed by atoms with Gasteiger partial charge in [-0.2, -0.15) is 0 Å². The number of fused-ring (bicyclic) bond motifs is 1. The molecule has 0 bridgehead atoms. The van der Waals surface area contributed by atoms with Crippen LogP contribution in [0.2, 0.25) is 5.02 Å². The van der Waals surface area contributed by atoms with Crippen LogP contribution in [-0.4, -0.2) is 4.98 Å². The zero-order valence-corrected chi connectivity index (χ0v) is 8.38. The summed E-state index contributed by atoms with van der Waals surface area (Å²) in [5, 5.41) is 1.74. The molecule has 0 spiro atoms. The zero-order valence-electron chi connectivity index (χ0n) is 7.63. The summed E-state index contributed by atoms with van der Waals surface area (Å²) >= 11 is 6.09. The van der Waals surface area contributed by atoms with Crippen molar-refractivity contribution in [1.29, 1.82) is 0 Å². The summed E-state index contributed by atoms with van der Waals surface area (Å²) in [5.74, 6) is 0. The lowest BCUT2D eigenvalue weighted by molar-refractivity contribution is 0.926. The van der Waals surface area contributed by atoms with E-state index in [1.807, 2.05) is 24.4 Å². The maximum Gasteiger partial charge on any atom is 0.0500 e. The van der Waals surface area contributed by atoms with Crippen molar-refractivity contribution in [2.45, 2.75) is 6.04 Å². The Morgan fingerprint density at radius 1 is 1.43 bits per heavy atom. The number of hydrogen-bond acceptors (Lipinski definition) is 1. The van der Waals surface area contributed by atoms with Crippen molar-refractivity contribution < 1.29 is 0 Å². The Bertz CT molecular complexity index is 473. The molecule has 0 amide bonds. The Labute approximate surface area is 87.4 Å². The molecule has 1 unspecified atom stereocenters. The van der Waals surface area contributed by atoms with Gasteiger partial charge in [0.05, 0.1) is 0 Å². The molecule has 0 fully saturated rings. The van der Waals surface area contributed by atoms with E-state index < -0.39 is 0 Å². The first kappa shape index (κ1) is 9.31. The topological polar surface area (TPSA) is 41.8 Å². The van der Waals surface area contributed by atoms with Crippen LogP contribution in [0.4, 0.5) is 0 Å². The molecule has 0 aliphatic carbocycles. The quantitative estimate of drug-likeness (QED) is 0.729. The fraction of sp³-hybridized carbons (Fsp3) is 0.0909. The molecule has 1 heterocycles. The third-order valence-corrected chi connectivity index (χ3v) is 2.64. The van der Waals surface area contributed by atoms with E-state index in [0.29, 0.717) is 5.02 Å². The van der Waals surface area contributed by atoms with Crippen molar-refractivity contribution >= 4 is 22.5 Å². The van der Waals surface area contributed by atoms with E-state index in [9.17, 15) is 0 Å². The van der Waals surface area contributed by atoms with Crippen LogP contribution in [0.15, 0.2) is 37.1 Å².